The third-order valence-electron chi connectivity index (χ3n) is 4.31. The highest BCUT2D eigenvalue weighted by Crippen LogP contribution is 2.25. The molecule has 0 aliphatic heterocycles. The van der Waals surface area contributed by atoms with E-state index >= 15 is 0 Å². The van der Waals surface area contributed by atoms with Crippen LogP contribution < -0.4 is 10.6 Å². The van der Waals surface area contributed by atoms with Crippen molar-refractivity contribution >= 4 is 46.5 Å². The fraction of sp³-hybridized carbons (Fsp3) is 0.273. The maximum absolute atomic E-state index is 12.2. The first-order valence-corrected chi connectivity index (χ1v) is 10.1. The van der Waals surface area contributed by atoms with Crippen LogP contribution in [0.2, 0.25) is 5.02 Å². The quantitative estimate of drug-likeness (QED) is 0.257. The molecular weight excluding hydrogens is 454 g/mol. The van der Waals surface area contributed by atoms with Gasteiger partial charge in [-0.05, 0) is 36.4 Å². The number of halogens is 1. The molecule has 0 spiro atoms. The second-order valence-corrected chi connectivity index (χ2v) is 8.38. The number of Topliss-reactive ketones (excluding diaryl/α,β-unsaturated/α-hetero) is 1. The molecule has 174 valence electrons. The average molecular weight is 476 g/mol. The number of anilines is 1. The summed E-state index contributed by atoms with van der Waals surface area (Å²) in [6.07, 6.45) is 0. The van der Waals surface area contributed by atoms with Gasteiger partial charge in [0, 0.05) is 28.3 Å². The van der Waals surface area contributed by atoms with E-state index in [-0.39, 0.29) is 22.1 Å². The molecule has 0 radical (unpaired) electrons. The Hall–Kier alpha value is -3.79. The number of hydrogen-bond donors (Lipinski definition) is 2. The van der Waals surface area contributed by atoms with Crippen LogP contribution in [0.5, 0.6) is 0 Å². The molecule has 33 heavy (non-hydrogen) atoms. The van der Waals surface area contributed by atoms with Gasteiger partial charge in [0.15, 0.2) is 12.4 Å². The number of ether oxygens (including phenoxy) is 1. The highest BCUT2D eigenvalue weighted by atomic mass is 35.5. The molecule has 10 nitrogen and oxygen atoms in total. The molecule has 2 rings (SSSR count). The second kappa shape index (κ2) is 10.7. The van der Waals surface area contributed by atoms with Gasteiger partial charge in [0.25, 0.3) is 11.6 Å². The van der Waals surface area contributed by atoms with E-state index in [1.165, 1.54) is 24.3 Å². The minimum absolute atomic E-state index is 0.0615. The van der Waals surface area contributed by atoms with Crippen molar-refractivity contribution in [2.75, 3.05) is 18.5 Å². The van der Waals surface area contributed by atoms with E-state index in [1.54, 1.807) is 32.9 Å². The lowest BCUT2D eigenvalue weighted by atomic mass is 9.95. The van der Waals surface area contributed by atoms with Crippen LogP contribution in [0.25, 0.3) is 0 Å². The topological polar surface area (TPSA) is 145 Å². The molecule has 0 aliphatic carbocycles. The number of nitrogens with zero attached hydrogens (tertiary/aromatic N) is 1. The van der Waals surface area contributed by atoms with Crippen molar-refractivity contribution in [1.29, 1.82) is 0 Å². The lowest BCUT2D eigenvalue weighted by Crippen LogP contribution is -2.31. The Kier molecular flexibility index (Phi) is 8.25. The summed E-state index contributed by atoms with van der Waals surface area (Å²) in [5.74, 6) is -2.26. The van der Waals surface area contributed by atoms with E-state index in [9.17, 15) is 29.3 Å². The van der Waals surface area contributed by atoms with Gasteiger partial charge in [-0.3, -0.25) is 29.3 Å². The SMILES string of the molecule is CC(C)(C)C(=O)Nc1ccc(C(=O)COC(=O)CNC(=O)c2ccc(Cl)c([N+](=O)[O-])c2)cc1. The van der Waals surface area contributed by atoms with E-state index in [0.717, 1.165) is 6.07 Å². The highest BCUT2D eigenvalue weighted by molar-refractivity contribution is 6.32. The largest absolute Gasteiger partial charge is 0.456 e. The van der Waals surface area contributed by atoms with E-state index in [1.807, 2.05) is 0 Å². The first-order chi connectivity index (χ1) is 15.4. The molecule has 0 unspecified atom stereocenters. The summed E-state index contributed by atoms with van der Waals surface area (Å²) in [5, 5.41) is 15.8. The number of hydrogen-bond acceptors (Lipinski definition) is 7. The summed E-state index contributed by atoms with van der Waals surface area (Å²) in [4.78, 5) is 58.3. The molecule has 0 bridgehead atoms. The fourth-order valence-electron chi connectivity index (χ4n) is 2.39. The van der Waals surface area contributed by atoms with Crippen LogP contribution in [0.1, 0.15) is 41.5 Å². The predicted octanol–water partition coefficient (Wildman–Crippen LogP) is 3.39. The minimum Gasteiger partial charge on any atom is -0.456 e. The summed E-state index contributed by atoms with van der Waals surface area (Å²) in [6, 6.07) is 9.56. The van der Waals surface area contributed by atoms with Crippen molar-refractivity contribution in [3.63, 3.8) is 0 Å². The van der Waals surface area contributed by atoms with Gasteiger partial charge in [-0.15, -0.1) is 0 Å². The number of benzene rings is 2. The molecule has 0 atom stereocenters. The number of rotatable bonds is 8. The van der Waals surface area contributed by atoms with Crippen LogP contribution in [-0.2, 0) is 14.3 Å². The fourth-order valence-corrected chi connectivity index (χ4v) is 2.57. The summed E-state index contributed by atoms with van der Waals surface area (Å²) in [5.41, 5.74) is -0.279. The Bertz CT molecular complexity index is 1090. The molecule has 11 heteroatoms. The minimum atomic E-state index is -0.866. The van der Waals surface area contributed by atoms with Gasteiger partial charge in [0.1, 0.15) is 11.6 Å². The Balaban J connectivity index is 1.84. The molecule has 2 N–H and O–H groups in total. The monoisotopic (exact) mass is 475 g/mol. The molecule has 2 aromatic carbocycles. The zero-order valence-electron chi connectivity index (χ0n) is 18.1. The van der Waals surface area contributed by atoms with Crippen LogP contribution in [-0.4, -0.2) is 41.6 Å². The molecular formula is C22H22ClN3O7. The lowest BCUT2D eigenvalue weighted by molar-refractivity contribution is -0.384. The Morgan fingerprint density at radius 1 is 1.03 bits per heavy atom. The third kappa shape index (κ3) is 7.39. The molecule has 0 heterocycles. The van der Waals surface area contributed by atoms with E-state index in [2.05, 4.69) is 10.6 Å². The first-order valence-electron chi connectivity index (χ1n) is 9.71. The number of ketones is 1. The predicted molar refractivity (Wildman–Crippen MR) is 120 cm³/mol. The van der Waals surface area contributed by atoms with Gasteiger partial charge >= 0.3 is 5.97 Å². The maximum atomic E-state index is 12.2. The average Bonchev–Trinajstić information content (AvgIpc) is 2.75. The molecule has 2 amide bonds. The number of nitrogens with one attached hydrogen (secondary N) is 2. The molecule has 2 aromatic rings. The van der Waals surface area contributed by atoms with Crippen LogP contribution in [0.3, 0.4) is 0 Å². The number of carbonyl (C=O) groups excluding carboxylic acids is 4. The molecule has 0 aliphatic rings. The zero-order chi connectivity index (χ0) is 24.8. The highest BCUT2D eigenvalue weighted by Gasteiger charge is 2.21. The van der Waals surface area contributed by atoms with Crippen molar-refractivity contribution in [3.8, 4) is 0 Å². The Labute approximate surface area is 194 Å². The van der Waals surface area contributed by atoms with E-state index in [0.29, 0.717) is 5.69 Å². The number of amides is 2. The summed E-state index contributed by atoms with van der Waals surface area (Å²) >= 11 is 5.70. The maximum Gasteiger partial charge on any atom is 0.325 e. The molecule has 0 saturated carbocycles. The van der Waals surface area contributed by atoms with Crippen molar-refractivity contribution in [2.24, 2.45) is 5.41 Å². The van der Waals surface area contributed by atoms with E-state index in [4.69, 9.17) is 16.3 Å². The van der Waals surface area contributed by atoms with Crippen molar-refractivity contribution < 1.29 is 28.8 Å². The normalized spacial score (nSPS) is 10.8. The van der Waals surface area contributed by atoms with Crippen LogP contribution in [0.15, 0.2) is 42.5 Å². The second-order valence-electron chi connectivity index (χ2n) is 7.97. The van der Waals surface area contributed by atoms with Crippen LogP contribution >= 0.6 is 11.6 Å². The summed E-state index contributed by atoms with van der Waals surface area (Å²) < 4.78 is 4.86. The van der Waals surface area contributed by atoms with Gasteiger partial charge < -0.3 is 15.4 Å². The summed E-state index contributed by atoms with van der Waals surface area (Å²) in [7, 11) is 0. The van der Waals surface area contributed by atoms with Gasteiger partial charge in [-0.2, -0.15) is 0 Å². The molecule has 0 fully saturated rings. The van der Waals surface area contributed by atoms with Crippen LogP contribution in [0, 0.1) is 15.5 Å². The molecule has 0 saturated heterocycles. The zero-order valence-corrected chi connectivity index (χ0v) is 18.9. The van der Waals surface area contributed by atoms with Crippen LogP contribution in [0.4, 0.5) is 11.4 Å². The third-order valence-corrected chi connectivity index (χ3v) is 4.63. The first kappa shape index (κ1) is 25.5. The lowest BCUT2D eigenvalue weighted by Gasteiger charge is -2.17. The van der Waals surface area contributed by atoms with Gasteiger partial charge in [0.05, 0.1) is 4.92 Å². The number of nitro benzene ring substituents is 1. The van der Waals surface area contributed by atoms with Gasteiger partial charge in [0.2, 0.25) is 5.91 Å². The van der Waals surface area contributed by atoms with Gasteiger partial charge in [-0.1, -0.05) is 32.4 Å². The Morgan fingerprint density at radius 2 is 1.64 bits per heavy atom. The Morgan fingerprint density at radius 3 is 2.21 bits per heavy atom. The van der Waals surface area contributed by atoms with Gasteiger partial charge in [-0.25, -0.2) is 0 Å². The number of esters is 1. The number of carbonyl (C=O) groups is 4. The standard InChI is InChI=1S/C22H22ClN3O7/c1-22(2,3)21(30)25-15-7-4-13(5-8-15)18(27)12-33-19(28)11-24-20(29)14-6-9-16(23)17(10-14)26(31)32/h4-10H,11-12H2,1-3H3,(H,24,29)(H,25,30). The smallest absolute Gasteiger partial charge is 0.325 e. The van der Waals surface area contributed by atoms with E-state index < -0.39 is 46.8 Å². The molecule has 0 aromatic heterocycles. The van der Waals surface area contributed by atoms with Crippen molar-refractivity contribution in [1.82, 2.24) is 5.32 Å². The van der Waals surface area contributed by atoms with Crippen molar-refractivity contribution in [2.45, 2.75) is 20.8 Å². The van der Waals surface area contributed by atoms with Crippen molar-refractivity contribution in [3.05, 3.63) is 68.7 Å². The summed E-state index contributed by atoms with van der Waals surface area (Å²) in [6.45, 7) is 4.23. The number of nitro groups is 1.